The van der Waals surface area contributed by atoms with Crippen LogP contribution in [0, 0.1) is 0 Å². The molecule has 6 heteroatoms. The Morgan fingerprint density at radius 3 is 2.65 bits per heavy atom. The number of carbonyl (C=O) groups excluding carboxylic acids is 1. The Morgan fingerprint density at radius 1 is 1.35 bits per heavy atom. The van der Waals surface area contributed by atoms with Gasteiger partial charge in [-0.3, -0.25) is 4.79 Å². The van der Waals surface area contributed by atoms with Gasteiger partial charge in [-0.15, -0.1) is 23.7 Å². The Bertz CT molecular complexity index is 604. The second-order valence-electron chi connectivity index (χ2n) is 5.53. The van der Waals surface area contributed by atoms with E-state index in [9.17, 15) is 4.79 Å². The number of thiazole rings is 1. The summed E-state index contributed by atoms with van der Waals surface area (Å²) < 4.78 is 1.10. The van der Waals surface area contributed by atoms with Gasteiger partial charge in [0.05, 0.1) is 21.8 Å². The van der Waals surface area contributed by atoms with Crippen LogP contribution in [0.25, 0.3) is 10.2 Å². The summed E-state index contributed by atoms with van der Waals surface area (Å²) in [6, 6.07) is 5.83. The summed E-state index contributed by atoms with van der Waals surface area (Å²) in [7, 11) is 1.75. The van der Waals surface area contributed by atoms with E-state index in [0.29, 0.717) is 6.54 Å². The molecule has 2 rings (SSSR count). The van der Waals surface area contributed by atoms with Crippen LogP contribution in [-0.2, 0) is 10.2 Å². The van der Waals surface area contributed by atoms with E-state index in [1.807, 2.05) is 18.2 Å². The number of halogens is 1. The highest BCUT2D eigenvalue weighted by Gasteiger charge is 2.18. The highest BCUT2D eigenvalue weighted by atomic mass is 35.5. The topological polar surface area (TPSA) is 54.0 Å². The summed E-state index contributed by atoms with van der Waals surface area (Å²) >= 11 is 1.68. The number of amides is 1. The van der Waals surface area contributed by atoms with Crippen molar-refractivity contribution in [1.29, 1.82) is 0 Å². The number of carbonyl (C=O) groups is 1. The number of aromatic nitrogens is 1. The molecule has 1 aromatic heterocycles. The molecule has 2 N–H and O–H groups in total. The van der Waals surface area contributed by atoms with Gasteiger partial charge in [-0.05, 0) is 25.2 Å². The number of hydrogen-bond acceptors (Lipinski definition) is 4. The van der Waals surface area contributed by atoms with Crippen molar-refractivity contribution in [2.24, 2.45) is 0 Å². The molecule has 1 aromatic carbocycles. The second-order valence-corrected chi connectivity index (χ2v) is 6.56. The van der Waals surface area contributed by atoms with Crippen molar-refractivity contribution in [3.63, 3.8) is 0 Å². The monoisotopic (exact) mass is 313 g/mol. The van der Waals surface area contributed by atoms with Gasteiger partial charge < -0.3 is 10.6 Å². The summed E-state index contributed by atoms with van der Waals surface area (Å²) in [4.78, 5) is 16.2. The SMILES string of the molecule is CNCC(=O)Nc1ccc2nc(C(C)(C)C)sc2c1.Cl. The minimum absolute atomic E-state index is 0. The number of anilines is 1. The Labute approximate surface area is 129 Å². The molecule has 4 nitrogen and oxygen atoms in total. The molecule has 0 fully saturated rings. The van der Waals surface area contributed by atoms with Crippen LogP contribution in [0.5, 0.6) is 0 Å². The first kappa shape index (κ1) is 16.9. The number of benzene rings is 1. The largest absolute Gasteiger partial charge is 0.325 e. The maximum absolute atomic E-state index is 11.5. The van der Waals surface area contributed by atoms with E-state index in [-0.39, 0.29) is 23.7 Å². The van der Waals surface area contributed by atoms with Crippen molar-refractivity contribution < 1.29 is 4.79 Å². The van der Waals surface area contributed by atoms with Gasteiger partial charge in [0.25, 0.3) is 0 Å². The van der Waals surface area contributed by atoms with Crippen molar-refractivity contribution in [2.75, 3.05) is 18.9 Å². The molecular weight excluding hydrogens is 294 g/mol. The highest BCUT2D eigenvalue weighted by molar-refractivity contribution is 7.18. The van der Waals surface area contributed by atoms with Crippen LogP contribution in [0.3, 0.4) is 0 Å². The standard InChI is InChI=1S/C14H19N3OS.ClH/c1-14(2,3)13-17-10-6-5-9(7-11(10)19-13)16-12(18)8-15-4;/h5-7,15H,8H2,1-4H3,(H,16,18);1H. The molecule has 0 bridgehead atoms. The van der Waals surface area contributed by atoms with Crippen LogP contribution < -0.4 is 10.6 Å². The molecule has 1 heterocycles. The third kappa shape index (κ3) is 3.91. The lowest BCUT2D eigenvalue weighted by atomic mass is 9.98. The summed E-state index contributed by atoms with van der Waals surface area (Å²) in [5, 5.41) is 6.80. The first-order chi connectivity index (χ1) is 8.90. The number of hydrogen-bond donors (Lipinski definition) is 2. The minimum Gasteiger partial charge on any atom is -0.325 e. The third-order valence-electron chi connectivity index (χ3n) is 2.65. The van der Waals surface area contributed by atoms with Crippen LogP contribution >= 0.6 is 23.7 Å². The maximum atomic E-state index is 11.5. The van der Waals surface area contributed by atoms with E-state index in [1.54, 1.807) is 18.4 Å². The van der Waals surface area contributed by atoms with Crippen LogP contribution in [0.15, 0.2) is 18.2 Å². The average Bonchev–Trinajstić information content (AvgIpc) is 2.71. The molecule has 0 atom stereocenters. The van der Waals surface area contributed by atoms with Gasteiger partial charge in [0.2, 0.25) is 5.91 Å². The number of fused-ring (bicyclic) bond motifs is 1. The van der Waals surface area contributed by atoms with Crippen molar-refractivity contribution in [3.8, 4) is 0 Å². The summed E-state index contributed by atoms with van der Waals surface area (Å²) in [5.41, 5.74) is 1.86. The molecule has 0 aliphatic heterocycles. The van der Waals surface area contributed by atoms with Gasteiger partial charge in [-0.25, -0.2) is 4.98 Å². The van der Waals surface area contributed by atoms with E-state index < -0.39 is 0 Å². The molecule has 20 heavy (non-hydrogen) atoms. The summed E-state index contributed by atoms with van der Waals surface area (Å²) in [6.45, 7) is 6.77. The zero-order chi connectivity index (χ0) is 14.0. The van der Waals surface area contributed by atoms with Gasteiger partial charge in [0.1, 0.15) is 0 Å². The Morgan fingerprint density at radius 2 is 2.05 bits per heavy atom. The Kier molecular flexibility index (Phi) is 5.50. The lowest BCUT2D eigenvalue weighted by molar-refractivity contribution is -0.115. The zero-order valence-corrected chi connectivity index (χ0v) is 13.7. The van der Waals surface area contributed by atoms with Gasteiger partial charge in [0, 0.05) is 11.1 Å². The molecule has 0 spiro atoms. The minimum atomic E-state index is -0.0394. The van der Waals surface area contributed by atoms with E-state index in [1.165, 1.54) is 0 Å². The summed E-state index contributed by atoms with van der Waals surface area (Å²) in [6.07, 6.45) is 0. The van der Waals surface area contributed by atoms with Crippen molar-refractivity contribution in [2.45, 2.75) is 26.2 Å². The zero-order valence-electron chi connectivity index (χ0n) is 12.1. The van der Waals surface area contributed by atoms with Gasteiger partial charge >= 0.3 is 0 Å². The molecule has 0 saturated heterocycles. The number of nitrogens with one attached hydrogen (secondary N) is 2. The fraction of sp³-hybridized carbons (Fsp3) is 0.429. The quantitative estimate of drug-likeness (QED) is 0.915. The number of rotatable bonds is 3. The normalized spacial score (nSPS) is 11.2. The average molecular weight is 314 g/mol. The molecule has 0 saturated carbocycles. The fourth-order valence-corrected chi connectivity index (χ4v) is 2.75. The van der Waals surface area contributed by atoms with Crippen LogP contribution in [0.4, 0.5) is 5.69 Å². The molecule has 1 amide bonds. The Hall–Kier alpha value is -1.17. The molecule has 0 radical (unpaired) electrons. The van der Waals surface area contributed by atoms with E-state index in [4.69, 9.17) is 0 Å². The first-order valence-corrected chi connectivity index (χ1v) is 7.07. The molecule has 2 aromatic rings. The van der Waals surface area contributed by atoms with Crippen molar-refractivity contribution >= 4 is 45.6 Å². The van der Waals surface area contributed by atoms with Gasteiger partial charge in [-0.2, -0.15) is 0 Å². The van der Waals surface area contributed by atoms with Gasteiger partial charge in [-0.1, -0.05) is 20.8 Å². The van der Waals surface area contributed by atoms with Crippen LogP contribution in [-0.4, -0.2) is 24.5 Å². The third-order valence-corrected chi connectivity index (χ3v) is 4.10. The molecular formula is C14H20ClN3OS. The number of nitrogens with zero attached hydrogens (tertiary/aromatic N) is 1. The van der Waals surface area contributed by atoms with E-state index in [2.05, 4.69) is 36.4 Å². The fourth-order valence-electron chi connectivity index (χ4n) is 1.69. The first-order valence-electron chi connectivity index (χ1n) is 6.25. The molecule has 0 aliphatic rings. The maximum Gasteiger partial charge on any atom is 0.238 e. The molecule has 0 unspecified atom stereocenters. The van der Waals surface area contributed by atoms with Crippen molar-refractivity contribution in [3.05, 3.63) is 23.2 Å². The Balaban J connectivity index is 0.00000200. The second kappa shape index (κ2) is 6.52. The van der Waals surface area contributed by atoms with Crippen LogP contribution in [0.2, 0.25) is 0 Å². The highest BCUT2D eigenvalue weighted by Crippen LogP contribution is 2.32. The summed E-state index contributed by atoms with van der Waals surface area (Å²) in [5.74, 6) is -0.0394. The molecule has 110 valence electrons. The lowest BCUT2D eigenvalue weighted by Crippen LogP contribution is -2.24. The van der Waals surface area contributed by atoms with E-state index >= 15 is 0 Å². The lowest BCUT2D eigenvalue weighted by Gasteiger charge is -2.13. The van der Waals surface area contributed by atoms with E-state index in [0.717, 1.165) is 20.9 Å². The molecule has 0 aliphatic carbocycles. The predicted molar refractivity (Wildman–Crippen MR) is 88.1 cm³/mol. The van der Waals surface area contributed by atoms with Gasteiger partial charge in [0.15, 0.2) is 0 Å². The number of likely N-dealkylation sites (N-methyl/N-ethyl adjacent to an activating group) is 1. The van der Waals surface area contributed by atoms with Crippen molar-refractivity contribution in [1.82, 2.24) is 10.3 Å². The van der Waals surface area contributed by atoms with Crippen LogP contribution in [0.1, 0.15) is 25.8 Å². The predicted octanol–water partition coefficient (Wildman–Crippen LogP) is 3.17. The smallest absolute Gasteiger partial charge is 0.238 e.